The molecule has 2 aromatic rings. The van der Waals surface area contributed by atoms with Gasteiger partial charge in [0.05, 0.1) is 17.1 Å². The van der Waals surface area contributed by atoms with E-state index in [-0.39, 0.29) is 19.8 Å². The monoisotopic (exact) mass is 450 g/mol. The summed E-state index contributed by atoms with van der Waals surface area (Å²) in [6.45, 7) is -0.674. The Balaban J connectivity index is 1.48. The third-order valence-electron chi connectivity index (χ3n) is 4.56. The van der Waals surface area contributed by atoms with Crippen molar-refractivity contribution >= 4 is 24.1 Å². The van der Waals surface area contributed by atoms with Crippen LogP contribution < -0.4 is 0 Å². The first kappa shape index (κ1) is 22.9. The Morgan fingerprint density at radius 1 is 0.839 bits per heavy atom. The molecular formula is C22H23FO7S. The van der Waals surface area contributed by atoms with Gasteiger partial charge in [0, 0.05) is 0 Å². The van der Waals surface area contributed by atoms with Gasteiger partial charge in [0.25, 0.3) is 0 Å². The second-order valence-electron chi connectivity index (χ2n) is 6.78. The van der Waals surface area contributed by atoms with Crippen LogP contribution in [-0.4, -0.2) is 53.4 Å². The van der Waals surface area contributed by atoms with Gasteiger partial charge in [-0.25, -0.2) is 14.0 Å². The van der Waals surface area contributed by atoms with Crippen molar-refractivity contribution in [2.24, 2.45) is 0 Å². The van der Waals surface area contributed by atoms with Crippen LogP contribution in [-0.2, 0) is 32.2 Å². The van der Waals surface area contributed by atoms with Gasteiger partial charge in [-0.2, -0.15) is 0 Å². The zero-order valence-electron chi connectivity index (χ0n) is 16.6. The van der Waals surface area contributed by atoms with Crippen LogP contribution in [0.3, 0.4) is 0 Å². The average molecular weight is 450 g/mol. The Morgan fingerprint density at radius 3 is 1.94 bits per heavy atom. The Hall–Kier alpha value is -2.78. The van der Waals surface area contributed by atoms with E-state index in [0.29, 0.717) is 0 Å². The molecule has 0 saturated carbocycles. The minimum absolute atomic E-state index is 0.0209. The molecule has 7 nitrogen and oxygen atoms in total. The van der Waals surface area contributed by atoms with Crippen molar-refractivity contribution < 1.29 is 38.0 Å². The van der Waals surface area contributed by atoms with Crippen LogP contribution in [0.2, 0.25) is 0 Å². The molecular weight excluding hydrogens is 427 g/mol. The molecule has 1 aliphatic heterocycles. The normalized spacial score (nSPS) is 22.5. The fourth-order valence-electron chi connectivity index (χ4n) is 2.98. The standard InChI is InChI=1S/C22H23FO7S/c23-19-17(11-24)31-18(14-29-21(25)27-12-15-7-3-1-4-8-15)20(19)30-22(26)28-13-16-9-5-2-6-10-16/h1-10,17-20,24H,11-14H2/t17?,18-,19-,20-/m1/s1. The van der Waals surface area contributed by atoms with Gasteiger partial charge in [-0.05, 0) is 11.1 Å². The first-order valence-electron chi connectivity index (χ1n) is 9.68. The minimum Gasteiger partial charge on any atom is -0.433 e. The first-order chi connectivity index (χ1) is 15.1. The van der Waals surface area contributed by atoms with Crippen molar-refractivity contribution in [1.29, 1.82) is 0 Å². The van der Waals surface area contributed by atoms with Gasteiger partial charge in [-0.15, -0.1) is 11.8 Å². The van der Waals surface area contributed by atoms with Crippen LogP contribution in [0.5, 0.6) is 0 Å². The zero-order valence-corrected chi connectivity index (χ0v) is 17.4. The lowest BCUT2D eigenvalue weighted by Crippen LogP contribution is -2.37. The fourth-order valence-corrected chi connectivity index (χ4v) is 4.33. The number of rotatable bonds is 8. The second kappa shape index (κ2) is 11.6. The Labute approximate surface area is 183 Å². The van der Waals surface area contributed by atoms with Crippen molar-refractivity contribution in [1.82, 2.24) is 0 Å². The SMILES string of the molecule is O=C(OCc1ccccc1)OC[C@H]1SC(CO)[C@@H](F)[C@@H]1OC(=O)OCc1ccccc1. The average Bonchev–Trinajstić information content (AvgIpc) is 3.10. The number of carbonyl (C=O) groups is 2. The molecule has 1 aliphatic rings. The summed E-state index contributed by atoms with van der Waals surface area (Å²) in [6.07, 6.45) is -4.81. The first-order valence-corrected chi connectivity index (χ1v) is 10.6. The van der Waals surface area contributed by atoms with Gasteiger partial charge in [-0.1, -0.05) is 60.7 Å². The molecule has 4 atom stereocenters. The molecule has 1 N–H and O–H groups in total. The van der Waals surface area contributed by atoms with Crippen LogP contribution in [0.25, 0.3) is 0 Å². The predicted octanol–water partition coefficient (Wildman–Crippen LogP) is 3.88. The summed E-state index contributed by atoms with van der Waals surface area (Å²) < 4.78 is 34.9. The summed E-state index contributed by atoms with van der Waals surface area (Å²) in [6, 6.07) is 18.0. The summed E-state index contributed by atoms with van der Waals surface area (Å²) in [7, 11) is 0. The third kappa shape index (κ3) is 6.86. The Bertz CT molecular complexity index is 836. The lowest BCUT2D eigenvalue weighted by atomic mass is 10.1. The van der Waals surface area contributed by atoms with Crippen LogP contribution in [0.4, 0.5) is 14.0 Å². The minimum atomic E-state index is -1.63. The van der Waals surface area contributed by atoms with Crippen molar-refractivity contribution in [2.45, 2.75) is 36.0 Å². The van der Waals surface area contributed by atoms with E-state index in [4.69, 9.17) is 18.9 Å². The van der Waals surface area contributed by atoms with E-state index in [2.05, 4.69) is 0 Å². The van der Waals surface area contributed by atoms with E-state index in [1.165, 1.54) is 0 Å². The number of benzene rings is 2. The van der Waals surface area contributed by atoms with E-state index in [9.17, 15) is 19.1 Å². The molecule has 1 fully saturated rings. The van der Waals surface area contributed by atoms with E-state index in [0.717, 1.165) is 22.9 Å². The van der Waals surface area contributed by atoms with Gasteiger partial charge in [0.2, 0.25) is 0 Å². The highest BCUT2D eigenvalue weighted by atomic mass is 32.2. The molecule has 2 aromatic carbocycles. The van der Waals surface area contributed by atoms with E-state index in [1.54, 1.807) is 36.4 Å². The van der Waals surface area contributed by atoms with Crippen molar-refractivity contribution in [3.8, 4) is 0 Å². The smallest absolute Gasteiger partial charge is 0.433 e. The van der Waals surface area contributed by atoms with Gasteiger partial charge in [-0.3, -0.25) is 0 Å². The number of ether oxygens (including phenoxy) is 4. The summed E-state index contributed by atoms with van der Waals surface area (Å²) >= 11 is 1.05. The van der Waals surface area contributed by atoms with Gasteiger partial charge in [0.15, 0.2) is 12.3 Å². The summed E-state index contributed by atoms with van der Waals surface area (Å²) in [5, 5.41) is 7.87. The molecule has 0 amide bonds. The molecule has 0 spiro atoms. The van der Waals surface area contributed by atoms with Crippen LogP contribution in [0, 0.1) is 0 Å². The third-order valence-corrected chi connectivity index (χ3v) is 6.07. The topological polar surface area (TPSA) is 91.3 Å². The van der Waals surface area contributed by atoms with Crippen molar-refractivity contribution in [3.05, 3.63) is 71.8 Å². The maximum atomic E-state index is 14.6. The molecule has 0 aromatic heterocycles. The number of aliphatic hydroxyl groups is 1. The quantitative estimate of drug-likeness (QED) is 0.606. The number of hydrogen-bond acceptors (Lipinski definition) is 8. The highest BCUT2D eigenvalue weighted by Gasteiger charge is 2.47. The maximum absolute atomic E-state index is 14.6. The molecule has 31 heavy (non-hydrogen) atoms. The number of halogens is 1. The lowest BCUT2D eigenvalue weighted by Gasteiger charge is -2.20. The summed E-state index contributed by atoms with van der Waals surface area (Å²) in [5.41, 5.74) is 1.55. The number of thioether (sulfide) groups is 1. The Kier molecular flexibility index (Phi) is 8.54. The van der Waals surface area contributed by atoms with Crippen molar-refractivity contribution in [2.75, 3.05) is 13.2 Å². The lowest BCUT2D eigenvalue weighted by molar-refractivity contribution is -0.0175. The second-order valence-corrected chi connectivity index (χ2v) is 8.27. The number of carbonyl (C=O) groups excluding carboxylic acids is 2. The number of alkyl halides is 1. The van der Waals surface area contributed by atoms with Gasteiger partial charge >= 0.3 is 12.3 Å². The van der Waals surface area contributed by atoms with Crippen LogP contribution >= 0.6 is 11.8 Å². The molecule has 1 heterocycles. The predicted molar refractivity (Wildman–Crippen MR) is 111 cm³/mol. The summed E-state index contributed by atoms with van der Waals surface area (Å²) in [5.74, 6) is 0. The molecule has 1 unspecified atom stereocenters. The largest absolute Gasteiger partial charge is 0.509 e. The van der Waals surface area contributed by atoms with Crippen LogP contribution in [0.15, 0.2) is 60.7 Å². The van der Waals surface area contributed by atoms with E-state index < -0.39 is 41.7 Å². The van der Waals surface area contributed by atoms with Gasteiger partial charge in [0.1, 0.15) is 19.8 Å². The van der Waals surface area contributed by atoms with E-state index in [1.807, 2.05) is 24.3 Å². The molecule has 9 heteroatoms. The maximum Gasteiger partial charge on any atom is 0.509 e. The van der Waals surface area contributed by atoms with Gasteiger partial charge < -0.3 is 24.1 Å². The highest BCUT2D eigenvalue weighted by molar-refractivity contribution is 8.01. The number of hydrogen-bond donors (Lipinski definition) is 1. The molecule has 1 saturated heterocycles. The summed E-state index contributed by atoms with van der Waals surface area (Å²) in [4.78, 5) is 23.9. The van der Waals surface area contributed by atoms with Crippen molar-refractivity contribution in [3.63, 3.8) is 0 Å². The van der Waals surface area contributed by atoms with E-state index >= 15 is 0 Å². The molecule has 0 aliphatic carbocycles. The molecule has 0 bridgehead atoms. The fraction of sp³-hybridized carbons (Fsp3) is 0.364. The number of aliphatic hydroxyl groups excluding tert-OH is 1. The van der Waals surface area contributed by atoms with Crippen LogP contribution in [0.1, 0.15) is 11.1 Å². The molecule has 166 valence electrons. The molecule has 3 rings (SSSR count). The highest BCUT2D eigenvalue weighted by Crippen LogP contribution is 2.38. The molecule has 0 radical (unpaired) electrons. The Morgan fingerprint density at radius 2 is 1.39 bits per heavy atom. The zero-order chi connectivity index (χ0) is 22.1.